The van der Waals surface area contributed by atoms with Gasteiger partial charge in [0.25, 0.3) is 0 Å². The van der Waals surface area contributed by atoms with Crippen LogP contribution in [0.3, 0.4) is 0 Å². The van der Waals surface area contributed by atoms with Gasteiger partial charge in [0.2, 0.25) is 0 Å². The van der Waals surface area contributed by atoms with Crippen LogP contribution in [-0.2, 0) is 0 Å². The summed E-state index contributed by atoms with van der Waals surface area (Å²) in [7, 11) is 2.23. The molecule has 0 aliphatic carbocycles. The van der Waals surface area contributed by atoms with Gasteiger partial charge < -0.3 is 14.8 Å². The molecule has 0 saturated carbocycles. The van der Waals surface area contributed by atoms with Crippen LogP contribution in [0.25, 0.3) is 21.9 Å². The number of rotatable bonds is 1. The maximum absolute atomic E-state index is 9.17. The summed E-state index contributed by atoms with van der Waals surface area (Å²) in [6, 6.07) is 6.75. The Bertz CT molecular complexity index is 984. The number of nitrogens with one attached hydrogen (secondary N) is 1. The summed E-state index contributed by atoms with van der Waals surface area (Å²) in [6.45, 7) is 3.36. The Labute approximate surface area is 139 Å². The summed E-state index contributed by atoms with van der Waals surface area (Å²) in [5, 5.41) is 11.3. The lowest BCUT2D eigenvalue weighted by Gasteiger charge is -2.23. The highest BCUT2D eigenvalue weighted by Crippen LogP contribution is 2.38. The van der Waals surface area contributed by atoms with E-state index in [-0.39, 0.29) is 0 Å². The summed E-state index contributed by atoms with van der Waals surface area (Å²) in [5.41, 5.74) is 3.45. The number of pyridine rings is 2. The Hall–Kier alpha value is -2.65. The van der Waals surface area contributed by atoms with Gasteiger partial charge in [-0.1, -0.05) is 0 Å². The van der Waals surface area contributed by atoms with Crippen LogP contribution in [0.2, 0.25) is 0 Å². The van der Waals surface area contributed by atoms with Crippen molar-refractivity contribution in [2.45, 2.75) is 12.5 Å². The van der Waals surface area contributed by atoms with Gasteiger partial charge >= 0.3 is 0 Å². The molecule has 1 N–H and O–H groups in total. The number of H-pyrrole nitrogens is 1. The van der Waals surface area contributed by atoms with Crippen molar-refractivity contribution < 1.29 is 0 Å². The third-order valence-electron chi connectivity index (χ3n) is 5.64. The molecule has 0 unspecified atom stereocenters. The molecular formula is C18H18N6. The van der Waals surface area contributed by atoms with E-state index >= 15 is 0 Å². The molecule has 0 radical (unpaired) electrons. The molecule has 2 aliphatic rings. The second-order valence-electron chi connectivity index (χ2n) is 6.91. The molecule has 2 fully saturated rings. The molecule has 0 spiro atoms. The van der Waals surface area contributed by atoms with Gasteiger partial charge in [0.1, 0.15) is 17.4 Å². The van der Waals surface area contributed by atoms with E-state index in [9.17, 15) is 5.26 Å². The largest absolute Gasteiger partial charge is 0.369 e. The van der Waals surface area contributed by atoms with Crippen LogP contribution >= 0.6 is 0 Å². The van der Waals surface area contributed by atoms with Gasteiger partial charge in [-0.25, -0.2) is 9.97 Å². The second kappa shape index (κ2) is 4.92. The number of likely N-dealkylation sites (N-methyl/N-ethyl adjacent to an activating group) is 1. The number of nitrogens with zero attached hydrogens (tertiary/aromatic N) is 5. The minimum atomic E-state index is 0.441. The summed E-state index contributed by atoms with van der Waals surface area (Å²) in [4.78, 5) is 16.9. The fourth-order valence-corrected chi connectivity index (χ4v) is 4.40. The number of hydrogen-bond acceptors (Lipinski definition) is 5. The summed E-state index contributed by atoms with van der Waals surface area (Å²) < 4.78 is 0. The molecule has 120 valence electrons. The van der Waals surface area contributed by atoms with Gasteiger partial charge in [-0.15, -0.1) is 0 Å². The molecule has 6 nitrogen and oxygen atoms in total. The average molecular weight is 318 g/mol. The van der Waals surface area contributed by atoms with Crippen molar-refractivity contribution in [3.05, 3.63) is 30.2 Å². The molecule has 3 aromatic heterocycles. The number of aromatic nitrogens is 3. The zero-order valence-electron chi connectivity index (χ0n) is 13.5. The van der Waals surface area contributed by atoms with Crippen LogP contribution in [0.5, 0.6) is 0 Å². The molecule has 5 heterocycles. The van der Waals surface area contributed by atoms with Crippen LogP contribution in [0.4, 0.5) is 5.69 Å². The van der Waals surface area contributed by atoms with Crippen molar-refractivity contribution in [3.8, 4) is 6.07 Å². The van der Waals surface area contributed by atoms with Gasteiger partial charge in [0.15, 0.2) is 0 Å². The molecule has 3 aromatic rings. The van der Waals surface area contributed by atoms with Crippen molar-refractivity contribution >= 4 is 27.6 Å². The molecular weight excluding hydrogens is 300 g/mol. The first-order valence-electron chi connectivity index (χ1n) is 8.36. The van der Waals surface area contributed by atoms with E-state index in [1.54, 1.807) is 6.20 Å². The number of anilines is 1. The first kappa shape index (κ1) is 13.8. The Balaban J connectivity index is 1.67. The van der Waals surface area contributed by atoms with Gasteiger partial charge in [-0.05, 0) is 38.1 Å². The Morgan fingerprint density at radius 1 is 1.33 bits per heavy atom. The molecule has 2 saturated heterocycles. The predicted octanol–water partition coefficient (Wildman–Crippen LogP) is 2.12. The van der Waals surface area contributed by atoms with Crippen LogP contribution in [0, 0.1) is 17.2 Å². The van der Waals surface area contributed by atoms with Crippen LogP contribution in [0.15, 0.2) is 24.5 Å². The minimum absolute atomic E-state index is 0.441. The van der Waals surface area contributed by atoms with Crippen molar-refractivity contribution in [1.29, 1.82) is 5.26 Å². The first-order valence-corrected chi connectivity index (χ1v) is 8.36. The van der Waals surface area contributed by atoms with Crippen molar-refractivity contribution in [2.75, 3.05) is 31.6 Å². The minimum Gasteiger partial charge on any atom is -0.369 e. The lowest BCUT2D eigenvalue weighted by atomic mass is 10.1. The summed E-state index contributed by atoms with van der Waals surface area (Å²) in [6.07, 6.45) is 4.87. The number of aromatic amines is 1. The Kier molecular flexibility index (Phi) is 2.82. The number of hydrogen-bond donors (Lipinski definition) is 1. The standard InChI is InChI=1S/C18H18N6/c1-23-5-3-11-9-24(10-16(11)23)15-2-4-20-18-17(15)13-6-12(7-19)21-8-14(13)22-18/h2,4,6,8,11,16H,3,5,9-10H2,1H3,(H,20,22)/t11-,16+/m0/s1. The lowest BCUT2D eigenvalue weighted by molar-refractivity contribution is 0.310. The maximum Gasteiger partial charge on any atom is 0.141 e. The van der Waals surface area contributed by atoms with E-state index in [0.717, 1.165) is 40.9 Å². The Morgan fingerprint density at radius 2 is 2.25 bits per heavy atom. The first-order chi connectivity index (χ1) is 11.7. The van der Waals surface area contributed by atoms with E-state index in [2.05, 4.69) is 43.9 Å². The number of likely N-dealkylation sites (tertiary alicyclic amines) is 1. The molecule has 2 aliphatic heterocycles. The topological polar surface area (TPSA) is 71.8 Å². The average Bonchev–Trinajstić information content (AvgIpc) is 3.28. The molecule has 2 atom stereocenters. The number of nitriles is 1. The van der Waals surface area contributed by atoms with E-state index in [4.69, 9.17) is 0 Å². The maximum atomic E-state index is 9.17. The SMILES string of the molecule is CN1CC[C@H]2CN(c3ccnc4[nH]c5cnc(C#N)cc5c34)C[C@H]21. The number of fused-ring (bicyclic) bond motifs is 4. The molecule has 5 rings (SSSR count). The zero-order chi connectivity index (χ0) is 16.3. The second-order valence-corrected chi connectivity index (χ2v) is 6.91. The fourth-order valence-electron chi connectivity index (χ4n) is 4.40. The van der Waals surface area contributed by atoms with Gasteiger partial charge in [0.05, 0.1) is 17.1 Å². The van der Waals surface area contributed by atoms with Crippen LogP contribution in [0.1, 0.15) is 12.1 Å². The van der Waals surface area contributed by atoms with E-state index < -0.39 is 0 Å². The highest BCUT2D eigenvalue weighted by molar-refractivity contribution is 6.12. The summed E-state index contributed by atoms with van der Waals surface area (Å²) in [5.74, 6) is 0.750. The van der Waals surface area contributed by atoms with E-state index in [1.165, 1.54) is 18.7 Å². The third-order valence-corrected chi connectivity index (χ3v) is 5.64. The van der Waals surface area contributed by atoms with Crippen molar-refractivity contribution in [3.63, 3.8) is 0 Å². The molecule has 6 heteroatoms. The predicted molar refractivity (Wildman–Crippen MR) is 92.8 cm³/mol. The fraction of sp³-hybridized carbons (Fsp3) is 0.389. The highest BCUT2D eigenvalue weighted by atomic mass is 15.3. The third kappa shape index (κ3) is 1.85. The van der Waals surface area contributed by atoms with Gasteiger partial charge in [-0.2, -0.15) is 5.26 Å². The lowest BCUT2D eigenvalue weighted by Crippen LogP contribution is -2.32. The molecule has 0 bridgehead atoms. The Morgan fingerprint density at radius 3 is 3.08 bits per heavy atom. The van der Waals surface area contributed by atoms with Gasteiger partial charge in [-0.3, -0.25) is 0 Å². The highest BCUT2D eigenvalue weighted by Gasteiger charge is 2.40. The zero-order valence-corrected chi connectivity index (χ0v) is 13.5. The van der Waals surface area contributed by atoms with Gasteiger partial charge in [0, 0.05) is 36.4 Å². The van der Waals surface area contributed by atoms with E-state index in [0.29, 0.717) is 11.7 Å². The van der Waals surface area contributed by atoms with Crippen molar-refractivity contribution in [1.82, 2.24) is 19.9 Å². The summed E-state index contributed by atoms with van der Waals surface area (Å²) >= 11 is 0. The normalized spacial score (nSPS) is 23.9. The van der Waals surface area contributed by atoms with Crippen LogP contribution < -0.4 is 4.90 Å². The molecule has 24 heavy (non-hydrogen) atoms. The van der Waals surface area contributed by atoms with E-state index in [1.807, 2.05) is 12.3 Å². The molecule has 0 aromatic carbocycles. The molecule has 0 amide bonds. The monoisotopic (exact) mass is 318 g/mol. The van der Waals surface area contributed by atoms with Crippen LogP contribution in [-0.4, -0.2) is 52.6 Å². The quantitative estimate of drug-likeness (QED) is 0.744. The van der Waals surface area contributed by atoms with Crippen molar-refractivity contribution in [2.24, 2.45) is 5.92 Å². The smallest absolute Gasteiger partial charge is 0.141 e.